The number of halogens is 3. The van der Waals surface area contributed by atoms with Crippen molar-refractivity contribution in [3.63, 3.8) is 0 Å². The Morgan fingerprint density at radius 3 is 2.29 bits per heavy atom. The lowest BCUT2D eigenvalue weighted by molar-refractivity contribution is -0.274. The van der Waals surface area contributed by atoms with Crippen LogP contribution in [0.1, 0.15) is 31.2 Å². The maximum Gasteiger partial charge on any atom is 0.573 e. The molecule has 2 aliphatic rings. The summed E-state index contributed by atoms with van der Waals surface area (Å²) in [6.45, 7) is 0. The largest absolute Gasteiger partial charge is 0.573 e. The number of hydrogen-bond donors (Lipinski definition) is 0. The van der Waals surface area contributed by atoms with Gasteiger partial charge in [-0.25, -0.2) is 8.42 Å². The molecule has 2 bridgehead atoms. The minimum Gasteiger partial charge on any atom is -0.405 e. The fraction of sp³-hybridized carbons (Fsp3) is 0.562. The third-order valence-electron chi connectivity index (χ3n) is 4.85. The van der Waals surface area contributed by atoms with Crippen LogP contribution in [-0.4, -0.2) is 31.1 Å². The molecule has 0 aliphatic carbocycles. The second kappa shape index (κ2) is 6.06. The van der Waals surface area contributed by atoms with E-state index >= 15 is 0 Å². The molecule has 2 atom stereocenters. The molecule has 1 aromatic carbocycles. The molecule has 3 rings (SSSR count). The average Bonchev–Trinajstić information content (AvgIpc) is 2.66. The highest BCUT2D eigenvalue weighted by Crippen LogP contribution is 2.42. The van der Waals surface area contributed by atoms with E-state index in [2.05, 4.69) is 4.74 Å². The standard InChI is InChI=1S/C16H17F3O4S/c17-16(18,19)23-15-4-2-1-3-10(15)9-14(20)11-7-12-5-6-13(8-11)24(12,21)22/h1-4,11-13H,5-9H2. The Labute approximate surface area is 137 Å². The van der Waals surface area contributed by atoms with E-state index in [0.29, 0.717) is 12.8 Å². The van der Waals surface area contributed by atoms with Crippen molar-refractivity contribution < 1.29 is 31.1 Å². The molecule has 2 unspecified atom stereocenters. The zero-order valence-corrected chi connectivity index (χ0v) is 13.6. The van der Waals surface area contributed by atoms with E-state index in [9.17, 15) is 26.4 Å². The summed E-state index contributed by atoms with van der Waals surface area (Å²) in [6, 6.07) is 5.54. The van der Waals surface area contributed by atoms with Crippen LogP contribution in [0, 0.1) is 5.92 Å². The number of alkyl halides is 3. The Bertz CT molecular complexity index is 722. The van der Waals surface area contributed by atoms with E-state index in [0.717, 1.165) is 0 Å². The van der Waals surface area contributed by atoms with Gasteiger partial charge in [0.1, 0.15) is 11.5 Å². The minimum atomic E-state index is -4.82. The summed E-state index contributed by atoms with van der Waals surface area (Å²) >= 11 is 0. The van der Waals surface area contributed by atoms with Crippen molar-refractivity contribution in [3.05, 3.63) is 29.8 Å². The number of benzene rings is 1. The van der Waals surface area contributed by atoms with Gasteiger partial charge in [0.15, 0.2) is 9.84 Å². The van der Waals surface area contributed by atoms with Gasteiger partial charge in [0.2, 0.25) is 0 Å². The summed E-state index contributed by atoms with van der Waals surface area (Å²) in [5.41, 5.74) is 0.167. The van der Waals surface area contributed by atoms with Gasteiger partial charge < -0.3 is 4.74 Å². The highest BCUT2D eigenvalue weighted by molar-refractivity contribution is 7.93. The topological polar surface area (TPSA) is 60.4 Å². The molecule has 2 saturated heterocycles. The second-order valence-corrected chi connectivity index (χ2v) is 8.89. The van der Waals surface area contributed by atoms with Gasteiger partial charge in [-0.2, -0.15) is 0 Å². The number of para-hydroxylation sites is 1. The van der Waals surface area contributed by atoms with Gasteiger partial charge in [-0.1, -0.05) is 18.2 Å². The minimum absolute atomic E-state index is 0.167. The third kappa shape index (κ3) is 3.43. The summed E-state index contributed by atoms with van der Waals surface area (Å²) in [4.78, 5) is 12.5. The van der Waals surface area contributed by atoms with Crippen molar-refractivity contribution in [2.75, 3.05) is 0 Å². The van der Waals surface area contributed by atoms with Crippen molar-refractivity contribution >= 4 is 15.6 Å². The predicted octanol–water partition coefficient (Wildman–Crippen LogP) is 3.05. The number of sulfone groups is 1. The van der Waals surface area contributed by atoms with E-state index in [1.54, 1.807) is 6.07 Å². The van der Waals surface area contributed by atoms with Crippen molar-refractivity contribution in [1.82, 2.24) is 0 Å². The molecule has 1 aromatic rings. The maximum absolute atomic E-state index is 12.5. The molecule has 0 N–H and O–H groups in total. The monoisotopic (exact) mass is 362 g/mol. The van der Waals surface area contributed by atoms with Crippen LogP contribution >= 0.6 is 0 Å². The Morgan fingerprint density at radius 1 is 1.12 bits per heavy atom. The molecule has 0 saturated carbocycles. The van der Waals surface area contributed by atoms with Gasteiger partial charge in [0.05, 0.1) is 10.5 Å². The summed E-state index contributed by atoms with van der Waals surface area (Å²) < 4.78 is 65.4. The quantitative estimate of drug-likeness (QED) is 0.826. The van der Waals surface area contributed by atoms with Crippen molar-refractivity contribution in [2.45, 2.75) is 49.0 Å². The lowest BCUT2D eigenvalue weighted by atomic mass is 9.90. The van der Waals surface area contributed by atoms with Crippen LogP contribution in [0.3, 0.4) is 0 Å². The van der Waals surface area contributed by atoms with E-state index < -0.39 is 32.6 Å². The molecular weight excluding hydrogens is 345 g/mol. The van der Waals surface area contributed by atoms with Crippen LogP contribution in [0.5, 0.6) is 5.75 Å². The maximum atomic E-state index is 12.5. The number of carbonyl (C=O) groups excluding carboxylic acids is 1. The van der Waals surface area contributed by atoms with E-state index in [4.69, 9.17) is 0 Å². The number of Topliss-reactive ketones (excluding diaryl/α,β-unsaturated/α-hetero) is 1. The molecule has 132 valence electrons. The first kappa shape index (κ1) is 17.3. The molecule has 8 heteroatoms. The lowest BCUT2D eigenvalue weighted by Crippen LogP contribution is -2.36. The zero-order valence-electron chi connectivity index (χ0n) is 12.8. The third-order valence-corrected chi connectivity index (χ3v) is 7.57. The van der Waals surface area contributed by atoms with Gasteiger partial charge in [-0.15, -0.1) is 13.2 Å². The van der Waals surface area contributed by atoms with Gasteiger partial charge in [0.25, 0.3) is 0 Å². The molecule has 0 aromatic heterocycles. The summed E-state index contributed by atoms with van der Waals surface area (Å²) in [5.74, 6) is -1.02. The zero-order chi connectivity index (χ0) is 17.5. The van der Waals surface area contributed by atoms with Crippen LogP contribution in [-0.2, 0) is 21.1 Å². The average molecular weight is 362 g/mol. The summed E-state index contributed by atoms with van der Waals surface area (Å²) in [7, 11) is -3.13. The van der Waals surface area contributed by atoms with Gasteiger partial charge >= 0.3 is 6.36 Å². The number of rotatable bonds is 4. The number of carbonyl (C=O) groups is 1. The van der Waals surface area contributed by atoms with Crippen molar-refractivity contribution in [2.24, 2.45) is 5.92 Å². The molecule has 24 heavy (non-hydrogen) atoms. The van der Waals surface area contributed by atoms with Crippen molar-refractivity contribution in [1.29, 1.82) is 0 Å². The van der Waals surface area contributed by atoms with Gasteiger partial charge in [0, 0.05) is 17.9 Å². The van der Waals surface area contributed by atoms with E-state index in [1.165, 1.54) is 18.2 Å². The van der Waals surface area contributed by atoms with Crippen LogP contribution < -0.4 is 4.74 Å². The van der Waals surface area contributed by atoms with Gasteiger partial charge in [-0.3, -0.25) is 4.79 Å². The lowest BCUT2D eigenvalue weighted by Gasteiger charge is -2.27. The Hall–Kier alpha value is -1.57. The first-order valence-electron chi connectivity index (χ1n) is 7.76. The van der Waals surface area contributed by atoms with Crippen molar-refractivity contribution in [3.8, 4) is 5.75 Å². The van der Waals surface area contributed by atoms with Crippen LogP contribution in [0.25, 0.3) is 0 Å². The Kier molecular flexibility index (Phi) is 4.36. The molecule has 0 radical (unpaired) electrons. The van der Waals surface area contributed by atoms with Gasteiger partial charge in [-0.05, 0) is 31.7 Å². The molecule has 0 amide bonds. The molecule has 2 heterocycles. The molecule has 0 spiro atoms. The first-order valence-corrected chi connectivity index (χ1v) is 9.37. The van der Waals surface area contributed by atoms with Crippen LogP contribution in [0.15, 0.2) is 24.3 Å². The molecule has 2 fully saturated rings. The number of ether oxygens (including phenoxy) is 1. The Balaban J connectivity index is 1.73. The van der Waals surface area contributed by atoms with E-state index in [1.807, 2.05) is 0 Å². The highest BCUT2D eigenvalue weighted by atomic mass is 32.2. The summed E-state index contributed by atoms with van der Waals surface area (Å²) in [6.07, 6.45) is -3.30. The SMILES string of the molecule is O=C(Cc1ccccc1OC(F)(F)F)C1CC2CCC(C1)S2(=O)=O. The number of hydrogen-bond acceptors (Lipinski definition) is 4. The molecule has 2 aliphatic heterocycles. The van der Waals surface area contributed by atoms with E-state index in [-0.39, 0.29) is 36.4 Å². The normalized spacial score (nSPS) is 28.5. The molecular formula is C16H17F3O4S. The second-order valence-electron chi connectivity index (χ2n) is 6.38. The number of fused-ring (bicyclic) bond motifs is 2. The van der Waals surface area contributed by atoms with Crippen LogP contribution in [0.2, 0.25) is 0 Å². The first-order chi connectivity index (χ1) is 11.2. The Morgan fingerprint density at radius 2 is 1.71 bits per heavy atom. The molecule has 4 nitrogen and oxygen atoms in total. The predicted molar refractivity (Wildman–Crippen MR) is 80.3 cm³/mol. The highest BCUT2D eigenvalue weighted by Gasteiger charge is 2.48. The number of ketones is 1. The van der Waals surface area contributed by atoms with Crippen LogP contribution in [0.4, 0.5) is 13.2 Å². The summed E-state index contributed by atoms with van der Waals surface area (Å²) in [5, 5.41) is -0.960. The smallest absolute Gasteiger partial charge is 0.405 e. The fourth-order valence-corrected chi connectivity index (χ4v) is 6.15. The fourth-order valence-electron chi connectivity index (χ4n) is 3.68.